The molecule has 1 aromatic rings. The molecule has 0 spiro atoms. The van der Waals surface area contributed by atoms with Crippen molar-refractivity contribution in [2.24, 2.45) is 11.7 Å². The lowest BCUT2D eigenvalue weighted by Gasteiger charge is -2.38. The molecular formula is C14H27N5. The molecular weight excluding hydrogens is 238 g/mol. The molecule has 108 valence electrons. The zero-order chi connectivity index (χ0) is 13.7. The molecule has 1 aliphatic heterocycles. The van der Waals surface area contributed by atoms with Crippen LogP contribution in [0.5, 0.6) is 0 Å². The summed E-state index contributed by atoms with van der Waals surface area (Å²) in [4.78, 5) is 6.89. The summed E-state index contributed by atoms with van der Waals surface area (Å²) in [6, 6.07) is 0.505. The molecule has 1 fully saturated rings. The largest absolute Gasteiger partial charge is 0.329 e. The molecule has 1 aromatic heterocycles. The Bertz CT molecular complexity index is 376. The molecule has 0 saturated carbocycles. The number of nitrogens with two attached hydrogens (primary N) is 1. The van der Waals surface area contributed by atoms with Crippen molar-refractivity contribution < 1.29 is 0 Å². The second-order valence-electron chi connectivity index (χ2n) is 5.56. The fourth-order valence-corrected chi connectivity index (χ4v) is 3.00. The van der Waals surface area contributed by atoms with Gasteiger partial charge in [-0.15, -0.1) is 0 Å². The van der Waals surface area contributed by atoms with Crippen LogP contribution in [0.4, 0.5) is 0 Å². The first-order valence-electron chi connectivity index (χ1n) is 7.59. The highest BCUT2D eigenvalue weighted by molar-refractivity contribution is 4.89. The summed E-state index contributed by atoms with van der Waals surface area (Å²) in [6.45, 7) is 8.18. The number of aromatic nitrogens is 3. The van der Waals surface area contributed by atoms with Crippen LogP contribution in [-0.4, -0.2) is 38.8 Å². The minimum Gasteiger partial charge on any atom is -0.329 e. The van der Waals surface area contributed by atoms with E-state index in [1.807, 2.05) is 4.68 Å². The molecule has 19 heavy (non-hydrogen) atoms. The highest BCUT2D eigenvalue weighted by Gasteiger charge is 2.27. The van der Waals surface area contributed by atoms with Crippen molar-refractivity contribution in [1.29, 1.82) is 0 Å². The molecule has 1 aliphatic rings. The number of nitrogens with zero attached hydrogens (tertiary/aromatic N) is 4. The molecule has 2 rings (SSSR count). The van der Waals surface area contributed by atoms with Gasteiger partial charge >= 0.3 is 0 Å². The Morgan fingerprint density at radius 1 is 1.42 bits per heavy atom. The summed E-state index contributed by atoms with van der Waals surface area (Å²) in [5, 5.41) is 4.30. The Hall–Kier alpha value is -0.940. The fourth-order valence-electron chi connectivity index (χ4n) is 3.00. The first kappa shape index (κ1) is 14.5. The zero-order valence-electron chi connectivity index (χ0n) is 12.3. The number of aryl methyl sites for hydroxylation is 1. The third-order valence-electron chi connectivity index (χ3n) is 4.27. The van der Waals surface area contributed by atoms with Gasteiger partial charge < -0.3 is 5.73 Å². The van der Waals surface area contributed by atoms with Crippen molar-refractivity contribution in [3.05, 3.63) is 12.2 Å². The van der Waals surface area contributed by atoms with Gasteiger partial charge in [-0.25, -0.2) is 9.67 Å². The van der Waals surface area contributed by atoms with Crippen LogP contribution in [0.1, 0.15) is 45.4 Å². The van der Waals surface area contributed by atoms with E-state index in [2.05, 4.69) is 28.8 Å². The molecule has 2 unspecified atom stereocenters. The maximum absolute atomic E-state index is 5.95. The van der Waals surface area contributed by atoms with E-state index in [0.717, 1.165) is 44.3 Å². The van der Waals surface area contributed by atoms with E-state index < -0.39 is 0 Å². The monoisotopic (exact) mass is 265 g/mol. The predicted octanol–water partition coefficient (Wildman–Crippen LogP) is 1.64. The van der Waals surface area contributed by atoms with Gasteiger partial charge in [0.2, 0.25) is 0 Å². The molecule has 1 saturated heterocycles. The van der Waals surface area contributed by atoms with Crippen LogP contribution in [0.2, 0.25) is 0 Å². The quantitative estimate of drug-likeness (QED) is 0.849. The van der Waals surface area contributed by atoms with Gasteiger partial charge in [-0.1, -0.05) is 20.3 Å². The molecule has 5 nitrogen and oxygen atoms in total. The summed E-state index contributed by atoms with van der Waals surface area (Å²) in [6.07, 6.45) is 6.55. The number of hydrogen-bond donors (Lipinski definition) is 1. The second kappa shape index (κ2) is 7.01. The molecule has 0 bridgehead atoms. The third-order valence-corrected chi connectivity index (χ3v) is 4.27. The van der Waals surface area contributed by atoms with Gasteiger partial charge in [-0.2, -0.15) is 5.10 Å². The van der Waals surface area contributed by atoms with Gasteiger partial charge in [0, 0.05) is 19.1 Å². The van der Waals surface area contributed by atoms with Crippen LogP contribution in [0.15, 0.2) is 6.33 Å². The fraction of sp³-hybridized carbons (Fsp3) is 0.857. The normalized spacial score (nSPS) is 24.8. The van der Waals surface area contributed by atoms with Crippen LogP contribution >= 0.6 is 0 Å². The summed E-state index contributed by atoms with van der Waals surface area (Å²) in [5.41, 5.74) is 5.95. The SMILES string of the molecule is CCCn1ncnc1CN1CCC(CC)CC1CN. The molecule has 0 radical (unpaired) electrons. The van der Waals surface area contributed by atoms with E-state index >= 15 is 0 Å². The Morgan fingerprint density at radius 3 is 2.95 bits per heavy atom. The lowest BCUT2D eigenvalue weighted by atomic mass is 9.89. The van der Waals surface area contributed by atoms with Crippen LogP contribution in [0.3, 0.4) is 0 Å². The van der Waals surface area contributed by atoms with Crippen molar-refractivity contribution in [3.8, 4) is 0 Å². The Morgan fingerprint density at radius 2 is 2.26 bits per heavy atom. The maximum Gasteiger partial charge on any atom is 0.141 e. The summed E-state index contributed by atoms with van der Waals surface area (Å²) in [7, 11) is 0. The Balaban J connectivity index is 1.99. The average molecular weight is 265 g/mol. The molecule has 2 heterocycles. The smallest absolute Gasteiger partial charge is 0.141 e. The number of likely N-dealkylation sites (tertiary alicyclic amines) is 1. The number of hydrogen-bond acceptors (Lipinski definition) is 4. The molecule has 2 atom stereocenters. The van der Waals surface area contributed by atoms with E-state index in [1.54, 1.807) is 6.33 Å². The van der Waals surface area contributed by atoms with E-state index in [0.29, 0.717) is 6.04 Å². The number of piperidine rings is 1. The zero-order valence-corrected chi connectivity index (χ0v) is 12.3. The van der Waals surface area contributed by atoms with Crippen molar-refractivity contribution in [1.82, 2.24) is 19.7 Å². The molecule has 0 aromatic carbocycles. The van der Waals surface area contributed by atoms with Gasteiger partial charge in [0.05, 0.1) is 6.54 Å². The van der Waals surface area contributed by atoms with Gasteiger partial charge in [-0.05, 0) is 31.7 Å². The van der Waals surface area contributed by atoms with E-state index in [4.69, 9.17) is 5.73 Å². The average Bonchev–Trinajstić information content (AvgIpc) is 2.87. The van der Waals surface area contributed by atoms with E-state index in [1.165, 1.54) is 19.3 Å². The lowest BCUT2D eigenvalue weighted by molar-refractivity contribution is 0.103. The second-order valence-corrected chi connectivity index (χ2v) is 5.56. The Labute approximate surface area is 116 Å². The lowest BCUT2D eigenvalue weighted by Crippen LogP contribution is -2.46. The van der Waals surface area contributed by atoms with Crippen molar-refractivity contribution in [2.45, 2.75) is 58.7 Å². The standard InChI is InChI=1S/C14H27N5/c1-3-6-19-14(16-11-17-19)10-18-7-5-12(4-2)8-13(18)9-15/h11-13H,3-10,15H2,1-2H3. The summed E-state index contributed by atoms with van der Waals surface area (Å²) in [5.74, 6) is 1.92. The molecule has 5 heteroatoms. The van der Waals surface area contributed by atoms with Gasteiger partial charge in [0.25, 0.3) is 0 Å². The van der Waals surface area contributed by atoms with Gasteiger partial charge in [-0.3, -0.25) is 4.90 Å². The van der Waals surface area contributed by atoms with Gasteiger partial charge in [0.1, 0.15) is 12.2 Å². The molecule has 0 aliphatic carbocycles. The van der Waals surface area contributed by atoms with Crippen LogP contribution in [-0.2, 0) is 13.1 Å². The van der Waals surface area contributed by atoms with Gasteiger partial charge in [0.15, 0.2) is 0 Å². The summed E-state index contributed by atoms with van der Waals surface area (Å²) >= 11 is 0. The summed E-state index contributed by atoms with van der Waals surface area (Å²) < 4.78 is 2.03. The minimum atomic E-state index is 0.505. The maximum atomic E-state index is 5.95. The molecule has 0 amide bonds. The third kappa shape index (κ3) is 3.54. The van der Waals surface area contributed by atoms with Crippen molar-refractivity contribution in [3.63, 3.8) is 0 Å². The van der Waals surface area contributed by atoms with Crippen LogP contribution in [0, 0.1) is 5.92 Å². The molecule has 2 N–H and O–H groups in total. The topological polar surface area (TPSA) is 60.0 Å². The minimum absolute atomic E-state index is 0.505. The predicted molar refractivity (Wildman–Crippen MR) is 76.6 cm³/mol. The van der Waals surface area contributed by atoms with Crippen molar-refractivity contribution in [2.75, 3.05) is 13.1 Å². The van der Waals surface area contributed by atoms with E-state index in [-0.39, 0.29) is 0 Å². The first-order chi connectivity index (χ1) is 9.28. The number of rotatable bonds is 6. The van der Waals surface area contributed by atoms with Crippen molar-refractivity contribution >= 4 is 0 Å². The van der Waals surface area contributed by atoms with E-state index in [9.17, 15) is 0 Å². The van der Waals surface area contributed by atoms with Crippen LogP contribution in [0.25, 0.3) is 0 Å². The highest BCUT2D eigenvalue weighted by Crippen LogP contribution is 2.25. The van der Waals surface area contributed by atoms with Crippen LogP contribution < -0.4 is 5.73 Å². The highest BCUT2D eigenvalue weighted by atomic mass is 15.3. The Kier molecular flexibility index (Phi) is 5.34. The first-order valence-corrected chi connectivity index (χ1v) is 7.59.